The monoisotopic (exact) mass is 320 g/mol. The zero-order valence-electron chi connectivity index (χ0n) is 10.4. The first kappa shape index (κ1) is 17.7. The van der Waals surface area contributed by atoms with E-state index < -0.39 is 43.5 Å². The van der Waals surface area contributed by atoms with Crippen molar-refractivity contribution in [2.75, 3.05) is 12.4 Å². The Hall–Kier alpha value is -0.390. The van der Waals surface area contributed by atoms with E-state index in [4.69, 9.17) is 4.74 Å². The third-order valence-electron chi connectivity index (χ3n) is 2.53. The molecule has 1 heterocycles. The average Bonchev–Trinajstić information content (AvgIpc) is 2.32. The van der Waals surface area contributed by atoms with Crippen molar-refractivity contribution in [2.24, 2.45) is 0 Å². The fourth-order valence-corrected chi connectivity index (χ4v) is 2.24. The van der Waals surface area contributed by atoms with Crippen LogP contribution in [0.3, 0.4) is 0 Å². The van der Waals surface area contributed by atoms with E-state index in [1.807, 2.05) is 0 Å². The number of rotatable bonds is 4. The van der Waals surface area contributed by atoms with Crippen molar-refractivity contribution in [3.05, 3.63) is 0 Å². The van der Waals surface area contributed by atoms with Gasteiger partial charge in [0.05, 0.1) is 6.10 Å². The number of ether oxygens (including phenoxy) is 2. The normalized spacial score (nSPS) is 35.0. The summed E-state index contributed by atoms with van der Waals surface area (Å²) < 4.78 is 45.4. The Morgan fingerprint density at radius 1 is 1.25 bits per heavy atom. The molecule has 6 nitrogen and oxygen atoms in total. The minimum absolute atomic E-state index is 0.0772. The van der Waals surface area contributed by atoms with Crippen LogP contribution in [0.25, 0.3) is 0 Å². The van der Waals surface area contributed by atoms with Gasteiger partial charge in [-0.3, -0.25) is 4.79 Å². The number of carbonyl (C=O) groups excluding carboxylic acids is 1. The van der Waals surface area contributed by atoms with Crippen molar-refractivity contribution in [2.45, 2.75) is 43.8 Å². The topological polar surface area (TPSA) is 96.2 Å². The predicted octanol–water partition coefficient (Wildman–Crippen LogP) is -0.347. The van der Waals surface area contributed by atoms with Gasteiger partial charge in [-0.1, -0.05) is 11.8 Å². The van der Waals surface area contributed by atoms with Crippen molar-refractivity contribution in [3.63, 3.8) is 0 Å². The molecule has 1 aliphatic rings. The first-order valence-corrected chi connectivity index (χ1v) is 6.61. The van der Waals surface area contributed by atoms with Gasteiger partial charge < -0.3 is 24.8 Å². The highest BCUT2D eigenvalue weighted by Gasteiger charge is 2.45. The number of hydrogen-bond donors (Lipinski definition) is 3. The summed E-state index contributed by atoms with van der Waals surface area (Å²) in [6.45, 7) is -0.396. The van der Waals surface area contributed by atoms with Gasteiger partial charge in [0, 0.05) is 12.7 Å². The molecule has 0 aliphatic carbocycles. The number of aliphatic hydroxyl groups is 3. The van der Waals surface area contributed by atoms with Gasteiger partial charge in [0.25, 0.3) is 0 Å². The van der Waals surface area contributed by atoms with Gasteiger partial charge in [0.2, 0.25) is 0 Å². The first-order valence-electron chi connectivity index (χ1n) is 5.63. The molecule has 0 saturated carbocycles. The maximum atomic E-state index is 12.0. The second-order valence-electron chi connectivity index (χ2n) is 4.24. The fraction of sp³-hybridized carbons (Fsp3) is 0.900. The van der Waals surface area contributed by atoms with Crippen molar-refractivity contribution >= 4 is 16.9 Å². The minimum Gasteiger partial charge on any atom is -0.388 e. The van der Waals surface area contributed by atoms with Gasteiger partial charge in [-0.25, -0.2) is 0 Å². The van der Waals surface area contributed by atoms with Gasteiger partial charge in [-0.15, -0.1) is 0 Å². The second kappa shape index (κ2) is 7.05. The quantitative estimate of drug-likeness (QED) is 0.652. The van der Waals surface area contributed by atoms with Crippen molar-refractivity contribution in [1.29, 1.82) is 0 Å². The van der Waals surface area contributed by atoms with Crippen LogP contribution in [0, 0.1) is 0 Å². The number of hydrogen-bond acceptors (Lipinski definition) is 7. The smallest absolute Gasteiger partial charge is 0.388 e. The van der Waals surface area contributed by atoms with Crippen LogP contribution >= 0.6 is 11.8 Å². The molecule has 0 aromatic carbocycles. The van der Waals surface area contributed by atoms with E-state index >= 15 is 0 Å². The molecule has 0 bridgehead atoms. The molecular formula is C10H15F3O6S. The summed E-state index contributed by atoms with van der Waals surface area (Å²) in [6.07, 6.45) is -12.5. The Bertz CT molecular complexity index is 339. The SMILES string of the molecule is CC(=O)SC[C@H]1O[C@@H](OCC(F)(F)F)[C@H](O)[C@@H](O)[C@@H]1O. The summed E-state index contributed by atoms with van der Waals surface area (Å²) in [6, 6.07) is 0. The molecule has 1 fully saturated rings. The van der Waals surface area contributed by atoms with E-state index in [0.717, 1.165) is 11.8 Å². The van der Waals surface area contributed by atoms with E-state index in [9.17, 15) is 33.3 Å². The van der Waals surface area contributed by atoms with Crippen LogP contribution in [0.4, 0.5) is 13.2 Å². The molecule has 0 spiro atoms. The molecule has 5 atom stereocenters. The summed E-state index contributed by atoms with van der Waals surface area (Å²) in [5, 5.41) is 28.4. The van der Waals surface area contributed by atoms with Crippen molar-refractivity contribution < 1.29 is 42.8 Å². The summed E-state index contributed by atoms with van der Waals surface area (Å²) in [7, 11) is 0. The molecular weight excluding hydrogens is 305 g/mol. The maximum Gasteiger partial charge on any atom is 0.411 e. The molecule has 1 aliphatic heterocycles. The molecule has 1 rings (SSSR count). The highest BCUT2D eigenvalue weighted by molar-refractivity contribution is 8.13. The number of carbonyl (C=O) groups is 1. The van der Waals surface area contributed by atoms with Gasteiger partial charge in [0.15, 0.2) is 11.4 Å². The van der Waals surface area contributed by atoms with Crippen LogP contribution in [-0.4, -0.2) is 69.7 Å². The van der Waals surface area contributed by atoms with E-state index in [-0.39, 0.29) is 10.9 Å². The highest BCUT2D eigenvalue weighted by Crippen LogP contribution is 2.26. The second-order valence-corrected chi connectivity index (χ2v) is 5.44. The van der Waals surface area contributed by atoms with Gasteiger partial charge >= 0.3 is 6.18 Å². The third kappa shape index (κ3) is 5.19. The van der Waals surface area contributed by atoms with E-state index in [1.165, 1.54) is 6.92 Å². The largest absolute Gasteiger partial charge is 0.411 e. The molecule has 0 aromatic rings. The molecule has 0 aromatic heterocycles. The molecule has 20 heavy (non-hydrogen) atoms. The van der Waals surface area contributed by atoms with Crippen LogP contribution in [0.2, 0.25) is 0 Å². The lowest BCUT2D eigenvalue weighted by Crippen LogP contribution is -2.59. The molecule has 1 saturated heterocycles. The summed E-state index contributed by atoms with van der Waals surface area (Å²) >= 11 is 0.776. The average molecular weight is 320 g/mol. The van der Waals surface area contributed by atoms with Crippen LogP contribution in [0.15, 0.2) is 0 Å². The Morgan fingerprint density at radius 3 is 2.35 bits per heavy atom. The summed E-state index contributed by atoms with van der Waals surface area (Å²) in [4.78, 5) is 10.8. The molecule has 3 N–H and O–H groups in total. The summed E-state index contributed by atoms with van der Waals surface area (Å²) in [5.74, 6) is -0.0772. The van der Waals surface area contributed by atoms with Crippen LogP contribution in [-0.2, 0) is 14.3 Å². The first-order chi connectivity index (χ1) is 9.11. The minimum atomic E-state index is -4.62. The fourth-order valence-electron chi connectivity index (χ4n) is 1.57. The summed E-state index contributed by atoms with van der Waals surface area (Å²) in [5.41, 5.74) is 0. The maximum absolute atomic E-state index is 12.0. The number of alkyl halides is 3. The standard InChI is InChI=1S/C10H15F3O6S/c1-4(14)20-2-5-6(15)7(16)8(17)9(19-5)18-3-10(11,12)13/h5-9,15-17H,2-3H2,1H3/t5-,6-,7+,8-,9-/m1/s1. The molecule has 118 valence electrons. The molecule has 10 heteroatoms. The zero-order valence-corrected chi connectivity index (χ0v) is 11.2. The van der Waals surface area contributed by atoms with Gasteiger partial charge in [-0.2, -0.15) is 13.2 Å². The van der Waals surface area contributed by atoms with Crippen molar-refractivity contribution in [3.8, 4) is 0 Å². The van der Waals surface area contributed by atoms with Crippen molar-refractivity contribution in [1.82, 2.24) is 0 Å². The number of aliphatic hydroxyl groups excluding tert-OH is 3. The lowest BCUT2D eigenvalue weighted by Gasteiger charge is -2.40. The van der Waals surface area contributed by atoms with E-state index in [0.29, 0.717) is 0 Å². The number of halogens is 3. The lowest BCUT2D eigenvalue weighted by molar-refractivity contribution is -0.312. The molecule has 0 radical (unpaired) electrons. The zero-order chi connectivity index (χ0) is 15.5. The predicted molar refractivity (Wildman–Crippen MR) is 61.8 cm³/mol. The van der Waals surface area contributed by atoms with Gasteiger partial charge in [-0.05, 0) is 0 Å². The Balaban J connectivity index is 2.63. The third-order valence-corrected chi connectivity index (χ3v) is 3.43. The lowest BCUT2D eigenvalue weighted by atomic mass is 10.00. The van der Waals surface area contributed by atoms with Crippen LogP contribution < -0.4 is 0 Å². The van der Waals surface area contributed by atoms with Crippen LogP contribution in [0.5, 0.6) is 0 Å². The highest BCUT2D eigenvalue weighted by atomic mass is 32.2. The Labute approximate surface area is 116 Å². The van der Waals surface area contributed by atoms with Gasteiger partial charge in [0.1, 0.15) is 24.9 Å². The number of thioether (sulfide) groups is 1. The van der Waals surface area contributed by atoms with Crippen LogP contribution in [0.1, 0.15) is 6.92 Å². The Kier molecular flexibility index (Phi) is 6.23. The molecule has 0 unspecified atom stereocenters. The van der Waals surface area contributed by atoms with E-state index in [2.05, 4.69) is 4.74 Å². The Morgan fingerprint density at radius 2 is 1.85 bits per heavy atom. The molecule has 0 amide bonds. The van der Waals surface area contributed by atoms with E-state index in [1.54, 1.807) is 0 Å².